The fourth-order valence-electron chi connectivity index (χ4n) is 3.06. The molecule has 2 unspecified atom stereocenters. The highest BCUT2D eigenvalue weighted by molar-refractivity contribution is 5.06. The monoisotopic (exact) mass is 229 g/mol. The first-order valence-corrected chi connectivity index (χ1v) is 6.50. The maximum Gasteiger partial charge on any atom is 0.0657 e. The van der Waals surface area contributed by atoms with Gasteiger partial charge >= 0.3 is 0 Å². The summed E-state index contributed by atoms with van der Waals surface area (Å²) in [6.45, 7) is 6.45. The molecule has 0 amide bonds. The van der Waals surface area contributed by atoms with Crippen molar-refractivity contribution < 1.29 is 9.47 Å². The van der Waals surface area contributed by atoms with Gasteiger partial charge in [0.15, 0.2) is 0 Å². The van der Waals surface area contributed by atoms with Gasteiger partial charge in [0.05, 0.1) is 6.10 Å². The second-order valence-corrected chi connectivity index (χ2v) is 4.75. The van der Waals surface area contributed by atoms with Crippen molar-refractivity contribution in [3.8, 4) is 0 Å². The van der Waals surface area contributed by atoms with Crippen LogP contribution < -0.4 is 5.32 Å². The van der Waals surface area contributed by atoms with Crippen molar-refractivity contribution >= 4 is 0 Å². The average molecular weight is 229 g/mol. The molecule has 0 bridgehead atoms. The van der Waals surface area contributed by atoms with Crippen LogP contribution in [0.4, 0.5) is 0 Å². The molecule has 0 aromatic rings. The van der Waals surface area contributed by atoms with Gasteiger partial charge in [-0.2, -0.15) is 0 Å². The number of hydrogen-bond acceptors (Lipinski definition) is 3. The van der Waals surface area contributed by atoms with E-state index in [1.54, 1.807) is 7.11 Å². The van der Waals surface area contributed by atoms with Crippen molar-refractivity contribution in [2.45, 2.75) is 51.7 Å². The van der Waals surface area contributed by atoms with Gasteiger partial charge in [-0.25, -0.2) is 0 Å². The van der Waals surface area contributed by atoms with Crippen LogP contribution in [0, 0.1) is 5.41 Å². The average Bonchev–Trinajstić information content (AvgIpc) is 2.29. The Morgan fingerprint density at radius 1 is 1.25 bits per heavy atom. The third kappa shape index (κ3) is 2.58. The normalized spacial score (nSPS) is 27.8. The van der Waals surface area contributed by atoms with Gasteiger partial charge in [-0.15, -0.1) is 0 Å². The molecule has 1 fully saturated rings. The van der Waals surface area contributed by atoms with Crippen LogP contribution in [0.5, 0.6) is 0 Å². The summed E-state index contributed by atoms with van der Waals surface area (Å²) < 4.78 is 10.6. The van der Waals surface area contributed by atoms with Crippen LogP contribution >= 0.6 is 0 Å². The molecular weight excluding hydrogens is 202 g/mol. The van der Waals surface area contributed by atoms with E-state index in [1.807, 2.05) is 7.11 Å². The molecule has 1 aliphatic rings. The van der Waals surface area contributed by atoms with Gasteiger partial charge in [0, 0.05) is 32.3 Å². The summed E-state index contributed by atoms with van der Waals surface area (Å²) in [5.41, 5.74) is 0.363. The van der Waals surface area contributed by atoms with Crippen molar-refractivity contribution in [2.24, 2.45) is 5.41 Å². The van der Waals surface area contributed by atoms with E-state index in [0.29, 0.717) is 17.6 Å². The Kier molecular flexibility index (Phi) is 5.73. The van der Waals surface area contributed by atoms with Crippen molar-refractivity contribution in [1.29, 1.82) is 0 Å². The minimum atomic E-state index is 0.363. The van der Waals surface area contributed by atoms with Gasteiger partial charge in [0.25, 0.3) is 0 Å². The van der Waals surface area contributed by atoms with Crippen molar-refractivity contribution in [1.82, 2.24) is 5.32 Å². The summed E-state index contributed by atoms with van der Waals surface area (Å²) in [6, 6.07) is 0.629. The lowest BCUT2D eigenvalue weighted by atomic mass is 9.58. The Labute approximate surface area is 99.9 Å². The SMILES string of the molecule is CCC1(CC)C(NCCCOC)CC1OC. The molecule has 0 heterocycles. The third-order valence-electron chi connectivity index (χ3n) is 4.30. The lowest BCUT2D eigenvalue weighted by molar-refractivity contribution is -0.123. The summed E-state index contributed by atoms with van der Waals surface area (Å²) in [5.74, 6) is 0. The molecule has 0 radical (unpaired) electrons. The molecule has 1 rings (SSSR count). The standard InChI is InChI=1S/C13H27NO2/c1-5-13(6-2)11(10-12(13)16-4)14-8-7-9-15-3/h11-12,14H,5-10H2,1-4H3. The van der Waals surface area contributed by atoms with E-state index in [9.17, 15) is 0 Å². The van der Waals surface area contributed by atoms with Crippen LogP contribution in [-0.2, 0) is 9.47 Å². The molecule has 1 saturated carbocycles. The van der Waals surface area contributed by atoms with Crippen LogP contribution in [-0.4, -0.2) is 39.5 Å². The smallest absolute Gasteiger partial charge is 0.0657 e. The molecule has 3 nitrogen and oxygen atoms in total. The number of methoxy groups -OCH3 is 2. The van der Waals surface area contributed by atoms with Crippen molar-refractivity contribution in [2.75, 3.05) is 27.4 Å². The minimum absolute atomic E-state index is 0.363. The molecular formula is C13H27NO2. The summed E-state index contributed by atoms with van der Waals surface area (Å²) >= 11 is 0. The van der Waals surface area contributed by atoms with Gasteiger partial charge in [-0.3, -0.25) is 0 Å². The quantitative estimate of drug-likeness (QED) is 0.647. The van der Waals surface area contributed by atoms with Crippen LogP contribution in [0.15, 0.2) is 0 Å². The molecule has 1 N–H and O–H groups in total. The van der Waals surface area contributed by atoms with Gasteiger partial charge in [-0.1, -0.05) is 13.8 Å². The summed E-state index contributed by atoms with van der Waals surface area (Å²) in [5, 5.41) is 3.65. The second kappa shape index (κ2) is 6.58. The molecule has 1 aliphatic carbocycles. The zero-order valence-electron chi connectivity index (χ0n) is 11.2. The van der Waals surface area contributed by atoms with E-state index in [-0.39, 0.29) is 0 Å². The van der Waals surface area contributed by atoms with E-state index in [4.69, 9.17) is 9.47 Å². The topological polar surface area (TPSA) is 30.5 Å². The molecule has 2 atom stereocenters. The molecule has 0 aliphatic heterocycles. The highest BCUT2D eigenvalue weighted by Gasteiger charge is 2.52. The highest BCUT2D eigenvalue weighted by atomic mass is 16.5. The molecule has 0 aromatic heterocycles. The van der Waals surface area contributed by atoms with E-state index >= 15 is 0 Å². The Morgan fingerprint density at radius 3 is 2.44 bits per heavy atom. The maximum atomic E-state index is 5.58. The highest BCUT2D eigenvalue weighted by Crippen LogP contribution is 2.48. The van der Waals surface area contributed by atoms with Crippen molar-refractivity contribution in [3.05, 3.63) is 0 Å². The predicted molar refractivity (Wildman–Crippen MR) is 66.7 cm³/mol. The van der Waals surface area contributed by atoms with Crippen LogP contribution in [0.25, 0.3) is 0 Å². The number of nitrogens with one attached hydrogen (secondary N) is 1. The molecule has 0 saturated heterocycles. The van der Waals surface area contributed by atoms with Crippen LogP contribution in [0.1, 0.15) is 39.5 Å². The molecule has 16 heavy (non-hydrogen) atoms. The second-order valence-electron chi connectivity index (χ2n) is 4.75. The first-order chi connectivity index (χ1) is 7.75. The largest absolute Gasteiger partial charge is 0.385 e. The fourth-order valence-corrected chi connectivity index (χ4v) is 3.06. The molecule has 3 heteroatoms. The van der Waals surface area contributed by atoms with Gasteiger partial charge in [0.1, 0.15) is 0 Å². The van der Waals surface area contributed by atoms with Gasteiger partial charge < -0.3 is 14.8 Å². The van der Waals surface area contributed by atoms with Crippen LogP contribution in [0.2, 0.25) is 0 Å². The molecule has 0 spiro atoms. The maximum absolute atomic E-state index is 5.58. The number of rotatable bonds is 8. The van der Waals surface area contributed by atoms with E-state index in [0.717, 1.165) is 26.0 Å². The fraction of sp³-hybridized carbons (Fsp3) is 1.00. The van der Waals surface area contributed by atoms with E-state index in [2.05, 4.69) is 19.2 Å². The van der Waals surface area contributed by atoms with Crippen molar-refractivity contribution in [3.63, 3.8) is 0 Å². The Balaban J connectivity index is 2.37. The summed E-state index contributed by atoms with van der Waals surface area (Å²) in [7, 11) is 3.60. The predicted octanol–water partition coefficient (Wildman–Crippen LogP) is 2.21. The van der Waals surface area contributed by atoms with Crippen LogP contribution in [0.3, 0.4) is 0 Å². The van der Waals surface area contributed by atoms with E-state index in [1.165, 1.54) is 12.8 Å². The Hall–Kier alpha value is -0.120. The lowest BCUT2D eigenvalue weighted by Crippen LogP contribution is -2.63. The zero-order chi connectivity index (χ0) is 12.0. The first kappa shape index (κ1) is 13.9. The Morgan fingerprint density at radius 2 is 1.94 bits per heavy atom. The minimum Gasteiger partial charge on any atom is -0.385 e. The lowest BCUT2D eigenvalue weighted by Gasteiger charge is -2.55. The number of ether oxygens (including phenoxy) is 2. The molecule has 96 valence electrons. The summed E-state index contributed by atoms with van der Waals surface area (Å²) in [6.07, 6.45) is 5.09. The van der Waals surface area contributed by atoms with Gasteiger partial charge in [-0.05, 0) is 32.2 Å². The van der Waals surface area contributed by atoms with Gasteiger partial charge in [0.2, 0.25) is 0 Å². The third-order valence-corrected chi connectivity index (χ3v) is 4.30. The first-order valence-electron chi connectivity index (χ1n) is 6.50. The van der Waals surface area contributed by atoms with E-state index < -0.39 is 0 Å². The zero-order valence-corrected chi connectivity index (χ0v) is 11.2. The molecule has 0 aromatic carbocycles. The summed E-state index contributed by atoms with van der Waals surface area (Å²) in [4.78, 5) is 0. The Bertz CT molecular complexity index is 192. The number of hydrogen-bond donors (Lipinski definition) is 1.